The molecule has 0 fully saturated rings. The van der Waals surface area contributed by atoms with Crippen molar-refractivity contribution in [3.05, 3.63) is 69.6 Å². The highest BCUT2D eigenvalue weighted by Gasteiger charge is 2.31. The molecule has 0 aliphatic rings. The summed E-state index contributed by atoms with van der Waals surface area (Å²) >= 11 is 7.56. The van der Waals surface area contributed by atoms with Gasteiger partial charge in [0.05, 0.1) is 41.4 Å². The highest BCUT2D eigenvalue weighted by molar-refractivity contribution is 7.68. The van der Waals surface area contributed by atoms with E-state index in [2.05, 4.69) is 11.2 Å². The summed E-state index contributed by atoms with van der Waals surface area (Å²) in [6.07, 6.45) is 0. The van der Waals surface area contributed by atoms with E-state index in [9.17, 15) is 9.36 Å². The van der Waals surface area contributed by atoms with Gasteiger partial charge in [0.25, 0.3) is 0 Å². The molecule has 0 spiro atoms. The van der Waals surface area contributed by atoms with Gasteiger partial charge in [0, 0.05) is 4.88 Å². The number of benzene rings is 2. The number of hydrogen-bond donors (Lipinski definition) is 1. The minimum absolute atomic E-state index is 0.175. The highest BCUT2D eigenvalue weighted by Crippen LogP contribution is 2.50. The number of hydrogen-bond acceptors (Lipinski definition) is 6. The predicted octanol–water partition coefficient (Wildman–Crippen LogP) is 6.00. The second-order valence-electron chi connectivity index (χ2n) is 6.57. The molecule has 0 amide bonds. The molecule has 9 heteroatoms. The molecule has 0 radical (unpaired) electrons. The van der Waals surface area contributed by atoms with Crippen LogP contribution in [-0.4, -0.2) is 19.7 Å². The summed E-state index contributed by atoms with van der Waals surface area (Å²) in [6, 6.07) is 15.9. The second kappa shape index (κ2) is 9.67. The highest BCUT2D eigenvalue weighted by atomic mass is 35.5. The second-order valence-corrected chi connectivity index (χ2v) is 10.1. The summed E-state index contributed by atoms with van der Waals surface area (Å²) in [5.74, 6) is -0.564. The third kappa shape index (κ3) is 5.00. The third-order valence-corrected chi connectivity index (χ3v) is 8.19. The van der Waals surface area contributed by atoms with Crippen LogP contribution < -0.4 is 10.4 Å². The molecule has 3 aromatic rings. The van der Waals surface area contributed by atoms with Crippen molar-refractivity contribution in [2.24, 2.45) is 0 Å². The monoisotopic (exact) mass is 474 g/mol. The first-order chi connectivity index (χ1) is 14.8. The van der Waals surface area contributed by atoms with Crippen molar-refractivity contribution >= 4 is 47.4 Å². The van der Waals surface area contributed by atoms with Gasteiger partial charge in [0.1, 0.15) is 4.88 Å². The number of aryl methyl sites for hydroxylation is 1. The molecule has 6 nitrogen and oxygen atoms in total. The molecule has 2 aromatic carbocycles. The first-order valence-electron chi connectivity index (χ1n) is 9.33. The standard InChI is InChI=1S/C22H20ClN2O4PS/c1-4-29-30(27,19-10-5-14(2)11-17(19)23)25-18-12-20(31-21(18)22(26)28-3)16-8-6-15(13-24)7-9-16/h5-12H,4H2,1-3H3,(H,25,27). The quantitative estimate of drug-likeness (QED) is 0.333. The molecule has 3 rings (SSSR count). The number of thiophene rings is 1. The lowest BCUT2D eigenvalue weighted by atomic mass is 10.1. The van der Waals surface area contributed by atoms with Crippen LogP contribution in [0, 0.1) is 18.3 Å². The average Bonchev–Trinajstić information content (AvgIpc) is 3.16. The van der Waals surface area contributed by atoms with Crippen molar-refractivity contribution in [1.82, 2.24) is 0 Å². The number of halogens is 1. The molecule has 1 N–H and O–H groups in total. The summed E-state index contributed by atoms with van der Waals surface area (Å²) in [7, 11) is -2.36. The molecular weight excluding hydrogens is 455 g/mol. The molecule has 0 saturated carbocycles. The molecule has 160 valence electrons. The number of ether oxygens (including phenoxy) is 1. The fourth-order valence-electron chi connectivity index (χ4n) is 2.92. The van der Waals surface area contributed by atoms with Gasteiger partial charge in [-0.05, 0) is 55.3 Å². The van der Waals surface area contributed by atoms with E-state index in [-0.39, 0.29) is 11.5 Å². The Morgan fingerprint density at radius 2 is 1.94 bits per heavy atom. The number of nitrogens with zero attached hydrogens (tertiary/aromatic N) is 1. The van der Waals surface area contributed by atoms with Crippen LogP contribution in [0.3, 0.4) is 0 Å². The van der Waals surface area contributed by atoms with Gasteiger partial charge in [0.2, 0.25) is 0 Å². The number of rotatable bonds is 7. The van der Waals surface area contributed by atoms with Crippen LogP contribution in [0.4, 0.5) is 5.69 Å². The number of nitriles is 1. The minimum Gasteiger partial charge on any atom is -0.465 e. The molecular formula is C22H20ClN2O4PS. The zero-order valence-corrected chi connectivity index (χ0v) is 19.6. The molecule has 1 atom stereocenters. The van der Waals surface area contributed by atoms with E-state index in [0.717, 1.165) is 16.0 Å². The van der Waals surface area contributed by atoms with Gasteiger partial charge in [-0.15, -0.1) is 11.3 Å². The number of nitrogens with one attached hydrogen (secondary N) is 1. The summed E-state index contributed by atoms with van der Waals surface area (Å²) in [5, 5.41) is 12.6. The molecule has 1 aromatic heterocycles. The van der Waals surface area contributed by atoms with Crippen molar-refractivity contribution in [3.63, 3.8) is 0 Å². The maximum absolute atomic E-state index is 13.8. The predicted molar refractivity (Wildman–Crippen MR) is 124 cm³/mol. The van der Waals surface area contributed by atoms with Gasteiger partial charge >= 0.3 is 13.5 Å². The minimum atomic E-state index is -3.65. The maximum Gasteiger partial charge on any atom is 0.350 e. The van der Waals surface area contributed by atoms with Gasteiger partial charge in [-0.1, -0.05) is 29.8 Å². The Morgan fingerprint density at radius 1 is 1.23 bits per heavy atom. The fraction of sp³-hybridized carbons (Fsp3) is 0.182. The van der Waals surface area contributed by atoms with Crippen molar-refractivity contribution in [2.75, 3.05) is 18.8 Å². The Labute approximate surface area is 189 Å². The van der Waals surface area contributed by atoms with Crippen LogP contribution in [0.2, 0.25) is 5.02 Å². The van der Waals surface area contributed by atoms with Crippen LogP contribution in [0.15, 0.2) is 48.5 Å². The fourth-order valence-corrected chi connectivity index (χ4v) is 6.40. The molecule has 0 saturated heterocycles. The topological polar surface area (TPSA) is 88.4 Å². The summed E-state index contributed by atoms with van der Waals surface area (Å²) in [6.45, 7) is 3.79. The summed E-state index contributed by atoms with van der Waals surface area (Å²) in [4.78, 5) is 13.4. The number of anilines is 1. The van der Waals surface area contributed by atoms with Crippen LogP contribution in [0.1, 0.15) is 27.7 Å². The van der Waals surface area contributed by atoms with E-state index in [1.54, 1.807) is 55.5 Å². The van der Waals surface area contributed by atoms with Crippen molar-refractivity contribution in [2.45, 2.75) is 13.8 Å². The van der Waals surface area contributed by atoms with E-state index >= 15 is 0 Å². The third-order valence-electron chi connectivity index (χ3n) is 4.40. The number of esters is 1. The lowest BCUT2D eigenvalue weighted by Gasteiger charge is -2.21. The van der Waals surface area contributed by atoms with Gasteiger partial charge in [-0.2, -0.15) is 5.26 Å². The Hall–Kier alpha value is -2.62. The Morgan fingerprint density at radius 3 is 2.52 bits per heavy atom. The van der Waals surface area contributed by atoms with E-state index in [0.29, 0.717) is 21.6 Å². The first-order valence-corrected chi connectivity index (χ1v) is 12.2. The molecule has 0 aliphatic heterocycles. The van der Waals surface area contributed by atoms with Crippen molar-refractivity contribution in [1.29, 1.82) is 5.26 Å². The van der Waals surface area contributed by atoms with E-state index in [1.807, 2.05) is 6.92 Å². The molecule has 0 aliphatic carbocycles. The van der Waals surface area contributed by atoms with Gasteiger partial charge in [-0.25, -0.2) is 4.79 Å². The van der Waals surface area contributed by atoms with E-state index in [1.165, 1.54) is 18.4 Å². The van der Waals surface area contributed by atoms with Gasteiger partial charge in [-0.3, -0.25) is 4.57 Å². The lowest BCUT2D eigenvalue weighted by molar-refractivity contribution is 0.0607. The Bertz CT molecular complexity index is 1200. The van der Waals surface area contributed by atoms with Gasteiger partial charge in [0.15, 0.2) is 0 Å². The number of carbonyl (C=O) groups is 1. The number of methoxy groups -OCH3 is 1. The molecule has 1 unspecified atom stereocenters. The zero-order chi connectivity index (χ0) is 22.6. The largest absolute Gasteiger partial charge is 0.465 e. The maximum atomic E-state index is 13.8. The zero-order valence-electron chi connectivity index (χ0n) is 17.1. The lowest BCUT2D eigenvalue weighted by Crippen LogP contribution is -2.16. The Balaban J connectivity index is 2.08. The van der Waals surface area contributed by atoms with E-state index < -0.39 is 13.5 Å². The first kappa shape index (κ1) is 23.1. The van der Waals surface area contributed by atoms with Crippen molar-refractivity contribution in [3.8, 4) is 16.5 Å². The molecule has 1 heterocycles. The van der Waals surface area contributed by atoms with E-state index in [4.69, 9.17) is 26.1 Å². The number of carbonyl (C=O) groups excluding carboxylic acids is 1. The van der Waals surface area contributed by atoms with Crippen LogP contribution in [0.25, 0.3) is 10.4 Å². The molecule has 0 bridgehead atoms. The molecule has 31 heavy (non-hydrogen) atoms. The smallest absolute Gasteiger partial charge is 0.350 e. The van der Waals surface area contributed by atoms with Crippen LogP contribution in [0.5, 0.6) is 0 Å². The summed E-state index contributed by atoms with van der Waals surface area (Å²) in [5.41, 5.74) is 2.58. The van der Waals surface area contributed by atoms with Crippen LogP contribution in [-0.2, 0) is 13.8 Å². The normalized spacial score (nSPS) is 12.6. The average molecular weight is 475 g/mol. The van der Waals surface area contributed by atoms with Crippen LogP contribution >= 0.6 is 30.5 Å². The Kier molecular flexibility index (Phi) is 7.19. The SMILES string of the molecule is CCOP(=O)(Nc1cc(-c2ccc(C#N)cc2)sc1C(=O)OC)c1ccc(C)cc1Cl. The van der Waals surface area contributed by atoms with Crippen molar-refractivity contribution < 1.29 is 18.6 Å². The summed E-state index contributed by atoms with van der Waals surface area (Å²) < 4.78 is 24.4. The van der Waals surface area contributed by atoms with Gasteiger partial charge < -0.3 is 14.3 Å².